The highest BCUT2D eigenvalue weighted by molar-refractivity contribution is 6.73. The molecular formula is C35H49Cl2F3N4O5Si. The smallest absolute Gasteiger partial charge is 0.433 e. The standard InChI is InChI=1S/C35H49Cl2F3N4O5Si/c1-6-47-32(46)33(5)14-10-23(11-15-33)44-30(35(38,39)40)25(18-42-44)31(45)43(22-34-16-12-24(48-34)13-17-34)21-28(49-50(7-2,8-3)9-4)29-26(36)19-41-20-27(29)37/h18-20,23-24,28H,6-17,21-22H2,1-5H3. The number of ether oxygens (including phenoxy) is 2. The van der Waals surface area contributed by atoms with Crippen molar-refractivity contribution in [3.8, 4) is 0 Å². The van der Waals surface area contributed by atoms with Crippen LogP contribution in [0.2, 0.25) is 28.2 Å². The van der Waals surface area contributed by atoms with E-state index in [9.17, 15) is 9.59 Å². The molecule has 9 nitrogen and oxygen atoms in total. The number of alkyl halides is 3. The molecule has 50 heavy (non-hydrogen) atoms. The van der Waals surface area contributed by atoms with Crippen LogP contribution in [0.4, 0.5) is 13.2 Å². The van der Waals surface area contributed by atoms with Crippen molar-refractivity contribution in [2.45, 2.75) is 134 Å². The minimum Gasteiger partial charge on any atom is -0.466 e. The summed E-state index contributed by atoms with van der Waals surface area (Å²) < 4.78 is 64.7. The summed E-state index contributed by atoms with van der Waals surface area (Å²) in [5, 5.41) is 4.72. The second-order valence-electron chi connectivity index (χ2n) is 14.4. The first-order valence-corrected chi connectivity index (χ1v) is 21.2. The van der Waals surface area contributed by atoms with Gasteiger partial charge >= 0.3 is 12.1 Å². The summed E-state index contributed by atoms with van der Waals surface area (Å²) >= 11 is 13.4. The van der Waals surface area contributed by atoms with Crippen LogP contribution in [0.25, 0.3) is 0 Å². The molecule has 2 bridgehead atoms. The molecule has 15 heteroatoms. The molecule has 1 saturated carbocycles. The highest BCUT2D eigenvalue weighted by Gasteiger charge is 2.50. The van der Waals surface area contributed by atoms with E-state index in [-0.39, 0.29) is 54.7 Å². The Morgan fingerprint density at radius 2 is 1.62 bits per heavy atom. The second kappa shape index (κ2) is 15.4. The van der Waals surface area contributed by atoms with Crippen LogP contribution in [0, 0.1) is 5.41 Å². The van der Waals surface area contributed by atoms with Crippen molar-refractivity contribution in [1.82, 2.24) is 19.7 Å². The zero-order valence-corrected chi connectivity index (χ0v) is 32.1. The minimum absolute atomic E-state index is 0.0727. The van der Waals surface area contributed by atoms with Crippen LogP contribution in [0.1, 0.15) is 120 Å². The number of hydrogen-bond acceptors (Lipinski definition) is 7. The molecule has 3 aliphatic rings. The summed E-state index contributed by atoms with van der Waals surface area (Å²) in [7, 11) is -2.37. The Kier molecular flexibility index (Phi) is 12.0. The van der Waals surface area contributed by atoms with Gasteiger partial charge in [-0.25, -0.2) is 0 Å². The van der Waals surface area contributed by atoms with Crippen molar-refractivity contribution in [1.29, 1.82) is 0 Å². The molecule has 0 aromatic carbocycles. The van der Waals surface area contributed by atoms with Gasteiger partial charge in [0, 0.05) is 18.0 Å². The predicted molar refractivity (Wildman–Crippen MR) is 187 cm³/mol. The maximum atomic E-state index is 15.1. The Balaban J connectivity index is 1.54. The van der Waals surface area contributed by atoms with Gasteiger partial charge < -0.3 is 18.8 Å². The zero-order valence-electron chi connectivity index (χ0n) is 29.6. The van der Waals surface area contributed by atoms with Crippen molar-refractivity contribution in [2.75, 3.05) is 19.7 Å². The van der Waals surface area contributed by atoms with Crippen molar-refractivity contribution in [2.24, 2.45) is 5.41 Å². The Morgan fingerprint density at radius 1 is 1.02 bits per heavy atom. The predicted octanol–water partition coefficient (Wildman–Crippen LogP) is 9.21. The first-order valence-electron chi connectivity index (χ1n) is 17.9. The fourth-order valence-corrected chi connectivity index (χ4v) is 11.5. The maximum Gasteiger partial charge on any atom is 0.433 e. The van der Waals surface area contributed by atoms with Gasteiger partial charge in [0.25, 0.3) is 5.91 Å². The fourth-order valence-electron chi connectivity index (χ4n) is 8.13. The number of fused-ring (bicyclic) bond motifs is 2. The number of carbonyl (C=O) groups excluding carboxylic acids is 2. The van der Waals surface area contributed by atoms with Crippen LogP contribution in [0.15, 0.2) is 18.6 Å². The number of nitrogens with zero attached hydrogens (tertiary/aromatic N) is 4. The summed E-state index contributed by atoms with van der Waals surface area (Å²) in [6.07, 6.45) is 2.65. The van der Waals surface area contributed by atoms with Gasteiger partial charge in [0.15, 0.2) is 14.0 Å². The molecule has 1 aliphatic carbocycles. The highest BCUT2D eigenvalue weighted by Crippen LogP contribution is 2.47. The van der Waals surface area contributed by atoms with Crippen molar-refractivity contribution >= 4 is 43.4 Å². The average molecular weight is 762 g/mol. The molecule has 0 radical (unpaired) electrons. The number of esters is 1. The van der Waals surface area contributed by atoms with Crippen molar-refractivity contribution < 1.29 is 36.7 Å². The summed E-state index contributed by atoms with van der Waals surface area (Å²) in [6.45, 7) is 9.96. The summed E-state index contributed by atoms with van der Waals surface area (Å²) in [6, 6.07) is 1.73. The molecule has 3 fully saturated rings. The topological polar surface area (TPSA) is 95.8 Å². The molecule has 0 spiro atoms. The molecule has 1 atom stereocenters. The average Bonchev–Trinajstić information content (AvgIpc) is 3.82. The van der Waals surface area contributed by atoms with E-state index < -0.39 is 54.8 Å². The van der Waals surface area contributed by atoms with E-state index in [1.54, 1.807) is 13.8 Å². The van der Waals surface area contributed by atoms with E-state index in [1.807, 2.05) is 0 Å². The molecular weight excluding hydrogens is 712 g/mol. The van der Waals surface area contributed by atoms with E-state index >= 15 is 13.2 Å². The monoisotopic (exact) mass is 760 g/mol. The lowest BCUT2D eigenvalue weighted by Gasteiger charge is -2.39. The van der Waals surface area contributed by atoms with Crippen LogP contribution in [-0.4, -0.2) is 71.3 Å². The Morgan fingerprint density at radius 3 is 2.12 bits per heavy atom. The molecule has 2 aliphatic heterocycles. The second-order valence-corrected chi connectivity index (χ2v) is 20.0. The van der Waals surface area contributed by atoms with Gasteiger partial charge in [0.1, 0.15) is 0 Å². The molecule has 1 amide bonds. The van der Waals surface area contributed by atoms with E-state index in [2.05, 4.69) is 30.9 Å². The summed E-state index contributed by atoms with van der Waals surface area (Å²) in [5.74, 6) is -1.16. The van der Waals surface area contributed by atoms with E-state index in [0.29, 0.717) is 31.2 Å². The molecule has 0 N–H and O–H groups in total. The number of aromatic nitrogens is 3. The molecule has 4 heterocycles. The third-order valence-electron chi connectivity index (χ3n) is 11.4. The Labute approximate surface area is 303 Å². The van der Waals surface area contributed by atoms with Crippen LogP contribution < -0.4 is 0 Å². The Hall–Kier alpha value is -2.19. The zero-order chi connectivity index (χ0) is 36.5. The number of amides is 1. The fraction of sp³-hybridized carbons (Fsp3) is 0.714. The van der Waals surface area contributed by atoms with Gasteiger partial charge in [0.05, 0.1) is 70.8 Å². The molecule has 1 unspecified atom stereocenters. The SMILES string of the molecule is CCOC(=O)C1(C)CCC(n2ncc(C(=O)N(CC(O[Si](CC)(CC)CC)c3c(Cl)cncc3Cl)CC34CCC(CC3)O4)c2C(F)(F)F)CC1. The first kappa shape index (κ1) is 39.0. The lowest BCUT2D eigenvalue weighted by molar-refractivity contribution is -0.157. The largest absolute Gasteiger partial charge is 0.466 e. The Bertz CT molecular complexity index is 1490. The number of rotatable bonds is 14. The summed E-state index contributed by atoms with van der Waals surface area (Å²) in [5.41, 5.74) is -2.62. The van der Waals surface area contributed by atoms with E-state index in [1.165, 1.54) is 17.3 Å². The molecule has 2 aromatic heterocycles. The normalized spacial score (nSPS) is 25.9. The molecule has 5 rings (SSSR count). The number of halogens is 5. The van der Waals surface area contributed by atoms with Gasteiger partial charge in [-0.2, -0.15) is 18.3 Å². The van der Waals surface area contributed by atoms with Crippen molar-refractivity contribution in [3.05, 3.63) is 45.5 Å². The van der Waals surface area contributed by atoms with Gasteiger partial charge in [0.2, 0.25) is 0 Å². The van der Waals surface area contributed by atoms with Crippen LogP contribution >= 0.6 is 23.2 Å². The molecule has 2 saturated heterocycles. The van der Waals surface area contributed by atoms with Crippen LogP contribution in [0.5, 0.6) is 0 Å². The third-order valence-corrected chi connectivity index (χ3v) is 16.7. The van der Waals surface area contributed by atoms with Gasteiger partial charge in [-0.15, -0.1) is 0 Å². The molecule has 2 aromatic rings. The number of pyridine rings is 1. The quantitative estimate of drug-likeness (QED) is 0.140. The summed E-state index contributed by atoms with van der Waals surface area (Å²) in [4.78, 5) is 32.8. The number of hydrogen-bond donors (Lipinski definition) is 0. The maximum absolute atomic E-state index is 15.1. The minimum atomic E-state index is -4.88. The van der Waals surface area contributed by atoms with Crippen molar-refractivity contribution in [3.63, 3.8) is 0 Å². The number of carbonyl (C=O) groups is 2. The van der Waals surface area contributed by atoms with Gasteiger partial charge in [-0.1, -0.05) is 44.0 Å². The van der Waals surface area contributed by atoms with Crippen LogP contribution in [-0.2, 0) is 24.9 Å². The molecule has 278 valence electrons. The first-order chi connectivity index (χ1) is 23.6. The van der Waals surface area contributed by atoms with Gasteiger partial charge in [-0.3, -0.25) is 19.3 Å². The highest BCUT2D eigenvalue weighted by atomic mass is 35.5. The van der Waals surface area contributed by atoms with E-state index in [4.69, 9.17) is 37.1 Å². The van der Waals surface area contributed by atoms with Gasteiger partial charge in [-0.05, 0) is 83.3 Å². The van der Waals surface area contributed by atoms with E-state index in [0.717, 1.165) is 41.9 Å². The lowest BCUT2D eigenvalue weighted by Crippen LogP contribution is -2.48. The van der Waals surface area contributed by atoms with Crippen LogP contribution in [0.3, 0.4) is 0 Å². The third kappa shape index (κ3) is 7.91. The lowest BCUT2D eigenvalue weighted by atomic mass is 9.74.